The van der Waals surface area contributed by atoms with Crippen LogP contribution in [-0.2, 0) is 4.79 Å². The van der Waals surface area contributed by atoms with Crippen LogP contribution in [0.2, 0.25) is 5.02 Å². The number of nitrogens with one attached hydrogen (secondary N) is 2. The number of fused-ring (bicyclic) bond motifs is 1. The molecule has 3 rings (SSSR count). The van der Waals surface area contributed by atoms with E-state index >= 15 is 0 Å². The van der Waals surface area contributed by atoms with Gasteiger partial charge in [-0.25, -0.2) is 4.98 Å². The van der Waals surface area contributed by atoms with Crippen molar-refractivity contribution in [3.8, 4) is 0 Å². The SMILES string of the molecule is CCC(C)n1c(SCC(=O)Nc2ccccc2Cl)nc2cc(C)[nH]c2c1=O. The summed E-state index contributed by atoms with van der Waals surface area (Å²) in [5.41, 5.74) is 2.44. The minimum atomic E-state index is -0.205. The quantitative estimate of drug-likeness (QED) is 0.471. The first-order valence-electron chi connectivity index (χ1n) is 8.69. The van der Waals surface area contributed by atoms with Gasteiger partial charge in [0.05, 0.1) is 22.0 Å². The van der Waals surface area contributed by atoms with Crippen molar-refractivity contribution < 1.29 is 4.79 Å². The van der Waals surface area contributed by atoms with Gasteiger partial charge < -0.3 is 10.3 Å². The summed E-state index contributed by atoms with van der Waals surface area (Å²) < 4.78 is 1.66. The third-order valence-corrected chi connectivity index (χ3v) is 5.58. The number of anilines is 1. The molecular weight excluding hydrogens is 384 g/mol. The molecule has 0 aliphatic rings. The van der Waals surface area contributed by atoms with Crippen LogP contribution in [0.25, 0.3) is 11.0 Å². The van der Waals surface area contributed by atoms with Gasteiger partial charge in [-0.15, -0.1) is 0 Å². The number of carbonyl (C=O) groups excluding carboxylic acids is 1. The molecule has 1 aromatic carbocycles. The Morgan fingerprint density at radius 3 is 2.85 bits per heavy atom. The largest absolute Gasteiger partial charge is 0.353 e. The van der Waals surface area contributed by atoms with E-state index in [1.165, 1.54) is 11.8 Å². The normalized spacial score (nSPS) is 12.3. The lowest BCUT2D eigenvalue weighted by Gasteiger charge is -2.17. The number of amides is 1. The molecule has 142 valence electrons. The van der Waals surface area contributed by atoms with Gasteiger partial charge in [0.2, 0.25) is 5.91 Å². The predicted octanol–water partition coefficient (Wildman–Crippen LogP) is 4.39. The van der Waals surface area contributed by atoms with Crippen LogP contribution >= 0.6 is 23.4 Å². The van der Waals surface area contributed by atoms with Crippen LogP contribution in [0.15, 0.2) is 40.3 Å². The highest BCUT2D eigenvalue weighted by Crippen LogP contribution is 2.24. The molecule has 27 heavy (non-hydrogen) atoms. The van der Waals surface area contributed by atoms with Gasteiger partial charge in [0.15, 0.2) is 5.16 Å². The van der Waals surface area contributed by atoms with Gasteiger partial charge >= 0.3 is 0 Å². The van der Waals surface area contributed by atoms with Crippen LogP contribution in [0, 0.1) is 6.92 Å². The Morgan fingerprint density at radius 2 is 2.15 bits per heavy atom. The van der Waals surface area contributed by atoms with Crippen LogP contribution in [-0.4, -0.2) is 26.2 Å². The molecule has 1 atom stereocenters. The Labute approximate surface area is 166 Å². The van der Waals surface area contributed by atoms with Gasteiger partial charge in [0, 0.05) is 11.7 Å². The summed E-state index contributed by atoms with van der Waals surface area (Å²) in [6.45, 7) is 5.87. The van der Waals surface area contributed by atoms with E-state index < -0.39 is 0 Å². The zero-order chi connectivity index (χ0) is 19.6. The van der Waals surface area contributed by atoms with Crippen LogP contribution < -0.4 is 10.9 Å². The number of hydrogen-bond acceptors (Lipinski definition) is 4. The molecule has 0 radical (unpaired) electrons. The fourth-order valence-electron chi connectivity index (χ4n) is 2.74. The van der Waals surface area contributed by atoms with Crippen LogP contribution in [0.5, 0.6) is 0 Å². The van der Waals surface area contributed by atoms with Crippen LogP contribution in [0.1, 0.15) is 32.0 Å². The molecule has 6 nitrogen and oxygen atoms in total. The summed E-state index contributed by atoms with van der Waals surface area (Å²) in [5, 5.41) is 3.80. The minimum Gasteiger partial charge on any atom is -0.353 e. The Bertz CT molecular complexity index is 1040. The summed E-state index contributed by atoms with van der Waals surface area (Å²) in [4.78, 5) is 32.9. The van der Waals surface area contributed by atoms with E-state index in [4.69, 9.17) is 11.6 Å². The van der Waals surface area contributed by atoms with Gasteiger partial charge in [0.25, 0.3) is 5.56 Å². The van der Waals surface area contributed by atoms with Crippen molar-refractivity contribution in [2.45, 2.75) is 38.4 Å². The zero-order valence-electron chi connectivity index (χ0n) is 15.4. The molecule has 2 aromatic heterocycles. The highest BCUT2D eigenvalue weighted by Gasteiger charge is 2.18. The first-order chi connectivity index (χ1) is 12.9. The van der Waals surface area contributed by atoms with Crippen molar-refractivity contribution in [1.29, 1.82) is 0 Å². The number of hydrogen-bond donors (Lipinski definition) is 2. The predicted molar refractivity (Wildman–Crippen MR) is 111 cm³/mol. The number of H-pyrrole nitrogens is 1. The third kappa shape index (κ3) is 4.20. The third-order valence-electron chi connectivity index (χ3n) is 4.30. The number of aromatic nitrogens is 3. The second-order valence-corrected chi connectivity index (χ2v) is 7.71. The summed E-state index contributed by atoms with van der Waals surface area (Å²) in [7, 11) is 0. The summed E-state index contributed by atoms with van der Waals surface area (Å²) in [5.74, 6) is -0.0772. The second-order valence-electron chi connectivity index (χ2n) is 6.36. The molecule has 8 heteroatoms. The summed E-state index contributed by atoms with van der Waals surface area (Å²) in [6, 6.07) is 8.88. The average molecular weight is 405 g/mol. The van der Waals surface area contributed by atoms with Gasteiger partial charge in [-0.05, 0) is 38.5 Å². The molecule has 0 saturated carbocycles. The number of nitrogens with zero attached hydrogens (tertiary/aromatic N) is 2. The lowest BCUT2D eigenvalue weighted by Crippen LogP contribution is -2.26. The summed E-state index contributed by atoms with van der Waals surface area (Å²) in [6.07, 6.45) is 0.784. The lowest BCUT2D eigenvalue weighted by molar-refractivity contribution is -0.113. The maximum Gasteiger partial charge on any atom is 0.278 e. The van der Waals surface area contributed by atoms with Crippen molar-refractivity contribution in [2.75, 3.05) is 11.1 Å². The van der Waals surface area contributed by atoms with Crippen molar-refractivity contribution >= 4 is 46.0 Å². The Balaban J connectivity index is 1.86. The van der Waals surface area contributed by atoms with Crippen LogP contribution in [0.3, 0.4) is 0 Å². The summed E-state index contributed by atoms with van der Waals surface area (Å²) >= 11 is 7.32. The van der Waals surface area contributed by atoms with E-state index in [1.807, 2.05) is 26.8 Å². The van der Waals surface area contributed by atoms with E-state index in [0.29, 0.717) is 26.9 Å². The molecule has 0 aliphatic carbocycles. The average Bonchev–Trinajstić information content (AvgIpc) is 3.02. The second kappa shape index (κ2) is 8.19. The molecule has 3 aromatic rings. The van der Waals surface area contributed by atoms with Gasteiger partial charge in [-0.1, -0.05) is 42.4 Å². The number of halogens is 1. The number of benzene rings is 1. The number of aryl methyl sites for hydroxylation is 1. The van der Waals surface area contributed by atoms with E-state index in [1.54, 1.807) is 28.8 Å². The number of thioether (sulfide) groups is 1. The van der Waals surface area contributed by atoms with E-state index in [9.17, 15) is 9.59 Å². The van der Waals surface area contributed by atoms with Crippen molar-refractivity contribution in [2.24, 2.45) is 0 Å². The zero-order valence-corrected chi connectivity index (χ0v) is 16.9. The molecule has 0 saturated heterocycles. The smallest absolute Gasteiger partial charge is 0.278 e. The number of rotatable bonds is 6. The highest BCUT2D eigenvalue weighted by atomic mass is 35.5. The highest BCUT2D eigenvalue weighted by molar-refractivity contribution is 7.99. The van der Waals surface area contributed by atoms with Crippen LogP contribution in [0.4, 0.5) is 5.69 Å². The fraction of sp³-hybridized carbons (Fsp3) is 0.316. The maximum absolute atomic E-state index is 12.9. The molecular formula is C19H21ClN4O2S. The van der Waals surface area contributed by atoms with Crippen molar-refractivity contribution in [3.63, 3.8) is 0 Å². The van der Waals surface area contributed by atoms with Gasteiger partial charge in [-0.2, -0.15) is 0 Å². The Hall–Kier alpha value is -2.25. The minimum absolute atomic E-state index is 0.0212. The molecule has 2 N–H and O–H groups in total. The number of aromatic amines is 1. The lowest BCUT2D eigenvalue weighted by atomic mass is 10.2. The molecule has 0 fully saturated rings. The van der Waals surface area contributed by atoms with E-state index in [-0.39, 0.29) is 23.3 Å². The van der Waals surface area contributed by atoms with Gasteiger partial charge in [-0.3, -0.25) is 14.2 Å². The van der Waals surface area contributed by atoms with Crippen molar-refractivity contribution in [1.82, 2.24) is 14.5 Å². The molecule has 1 amide bonds. The molecule has 0 spiro atoms. The van der Waals surface area contributed by atoms with Crippen molar-refractivity contribution in [3.05, 3.63) is 51.4 Å². The van der Waals surface area contributed by atoms with E-state index in [0.717, 1.165) is 12.1 Å². The first kappa shape index (κ1) is 19.5. The number of carbonyl (C=O) groups is 1. The Kier molecular flexibility index (Phi) is 5.92. The molecule has 1 unspecified atom stereocenters. The molecule has 0 aliphatic heterocycles. The molecule has 2 heterocycles. The van der Waals surface area contributed by atoms with E-state index in [2.05, 4.69) is 15.3 Å². The van der Waals surface area contributed by atoms with Gasteiger partial charge in [0.1, 0.15) is 5.52 Å². The maximum atomic E-state index is 12.9. The monoisotopic (exact) mass is 404 g/mol. The first-order valence-corrected chi connectivity index (χ1v) is 10.1. The standard InChI is InChI=1S/C19H21ClN4O2S/c1-4-12(3)24-18(26)17-15(9-11(2)21-17)23-19(24)27-10-16(25)22-14-8-6-5-7-13(14)20/h5-9,12,21H,4,10H2,1-3H3,(H,22,25). The Morgan fingerprint density at radius 1 is 1.41 bits per heavy atom. The fourth-order valence-corrected chi connectivity index (χ4v) is 3.82. The topological polar surface area (TPSA) is 79.8 Å². The number of para-hydroxylation sites is 1. The molecule has 0 bridgehead atoms.